The molecule has 0 heterocycles. The molecule has 2 fully saturated rings. The molecule has 0 amide bonds. The van der Waals surface area contributed by atoms with Crippen LogP contribution in [-0.4, -0.2) is 0 Å². The number of aryl methyl sites for hydroxylation is 1. The van der Waals surface area contributed by atoms with Crippen LogP contribution in [0.15, 0.2) is 60.7 Å². The van der Waals surface area contributed by atoms with Gasteiger partial charge in [-0.2, -0.15) is 0 Å². The largest absolute Gasteiger partial charge is 0.0917 e. The van der Waals surface area contributed by atoms with Gasteiger partial charge in [-0.3, -0.25) is 0 Å². The fraction of sp³-hybridized carbons (Fsp3) is 0.500. The van der Waals surface area contributed by atoms with Crippen LogP contribution in [0, 0.1) is 17.8 Å². The van der Waals surface area contributed by atoms with Crippen molar-refractivity contribution in [2.24, 2.45) is 17.8 Å². The van der Waals surface area contributed by atoms with E-state index in [1.165, 1.54) is 55.2 Å². The Kier molecular flexibility index (Phi) is 6.35. The van der Waals surface area contributed by atoms with E-state index in [4.69, 9.17) is 0 Å². The second-order valence-electron chi connectivity index (χ2n) is 9.38. The van der Waals surface area contributed by atoms with E-state index in [9.17, 15) is 0 Å². The highest BCUT2D eigenvalue weighted by Crippen LogP contribution is 2.47. The van der Waals surface area contributed by atoms with Crippen molar-refractivity contribution in [3.05, 3.63) is 71.8 Å². The van der Waals surface area contributed by atoms with Gasteiger partial charge >= 0.3 is 0 Å². The van der Waals surface area contributed by atoms with E-state index in [1.807, 2.05) is 0 Å². The molecule has 2 aliphatic carbocycles. The van der Waals surface area contributed by atoms with Crippen molar-refractivity contribution in [1.29, 1.82) is 0 Å². The van der Waals surface area contributed by atoms with Crippen LogP contribution in [0.25, 0.3) is 11.1 Å². The maximum Gasteiger partial charge on any atom is -0.0159 e. The third-order valence-electron chi connectivity index (χ3n) is 7.38. The standard InChI is InChI=1S/C28H36/c1-3-4-5-6-22-8-11-23(12-9-22)24-13-15-25(16-14-24)27-18-17-26-19-21(2)7-10-28(26)20-27/h3-4,8-9,11-16,21,26-28H,5-7,10,17-20H2,1-2H3/b4-3+/t21?,26-,27-,28-/m1/s1. The molecule has 0 radical (unpaired) electrons. The Morgan fingerprint density at radius 3 is 2.14 bits per heavy atom. The van der Waals surface area contributed by atoms with Gasteiger partial charge in [0.15, 0.2) is 0 Å². The van der Waals surface area contributed by atoms with E-state index in [2.05, 4.69) is 74.5 Å². The molecule has 148 valence electrons. The molecule has 4 atom stereocenters. The van der Waals surface area contributed by atoms with Gasteiger partial charge in [-0.15, -0.1) is 0 Å². The van der Waals surface area contributed by atoms with Crippen LogP contribution in [0.5, 0.6) is 0 Å². The second kappa shape index (κ2) is 9.12. The van der Waals surface area contributed by atoms with E-state index >= 15 is 0 Å². The van der Waals surface area contributed by atoms with Gasteiger partial charge in [0.25, 0.3) is 0 Å². The first kappa shape index (κ1) is 19.5. The molecule has 0 nitrogen and oxygen atoms in total. The Balaban J connectivity index is 1.39. The van der Waals surface area contributed by atoms with Crippen LogP contribution >= 0.6 is 0 Å². The van der Waals surface area contributed by atoms with Gasteiger partial charge in [0.1, 0.15) is 0 Å². The van der Waals surface area contributed by atoms with Gasteiger partial charge in [0.05, 0.1) is 0 Å². The molecule has 28 heavy (non-hydrogen) atoms. The molecule has 0 N–H and O–H groups in total. The maximum atomic E-state index is 2.45. The molecule has 2 aliphatic rings. The second-order valence-corrected chi connectivity index (χ2v) is 9.38. The number of rotatable bonds is 5. The summed E-state index contributed by atoms with van der Waals surface area (Å²) in [5, 5.41) is 0. The highest BCUT2D eigenvalue weighted by Gasteiger charge is 2.34. The van der Waals surface area contributed by atoms with Crippen LogP contribution in [0.1, 0.15) is 75.8 Å². The number of allylic oxidation sites excluding steroid dienone is 2. The minimum Gasteiger partial charge on any atom is -0.0917 e. The lowest BCUT2D eigenvalue weighted by Crippen LogP contribution is -2.29. The average Bonchev–Trinajstić information content (AvgIpc) is 2.74. The summed E-state index contributed by atoms with van der Waals surface area (Å²) in [5.74, 6) is 3.76. The third kappa shape index (κ3) is 4.59. The molecule has 0 heteroatoms. The quantitative estimate of drug-likeness (QED) is 0.464. The Labute approximate surface area is 172 Å². The summed E-state index contributed by atoms with van der Waals surface area (Å²) in [6.45, 7) is 4.55. The van der Waals surface area contributed by atoms with Crippen LogP contribution < -0.4 is 0 Å². The number of hydrogen-bond acceptors (Lipinski definition) is 0. The zero-order valence-corrected chi connectivity index (χ0v) is 17.7. The first-order valence-electron chi connectivity index (χ1n) is 11.5. The summed E-state index contributed by atoms with van der Waals surface area (Å²) in [4.78, 5) is 0. The lowest BCUT2D eigenvalue weighted by atomic mass is 9.64. The van der Waals surface area contributed by atoms with Crippen LogP contribution in [0.2, 0.25) is 0 Å². The van der Waals surface area contributed by atoms with Gasteiger partial charge < -0.3 is 0 Å². The fourth-order valence-electron chi connectivity index (χ4n) is 5.65. The monoisotopic (exact) mass is 372 g/mol. The number of hydrogen-bond donors (Lipinski definition) is 0. The van der Waals surface area contributed by atoms with Crippen molar-refractivity contribution >= 4 is 0 Å². The van der Waals surface area contributed by atoms with E-state index in [-0.39, 0.29) is 0 Å². The highest BCUT2D eigenvalue weighted by molar-refractivity contribution is 5.64. The molecular weight excluding hydrogens is 336 g/mol. The third-order valence-corrected chi connectivity index (χ3v) is 7.38. The molecule has 0 saturated heterocycles. The van der Waals surface area contributed by atoms with E-state index in [0.29, 0.717) is 0 Å². The fourth-order valence-corrected chi connectivity index (χ4v) is 5.65. The van der Waals surface area contributed by atoms with E-state index in [1.54, 1.807) is 5.56 Å². The molecule has 2 aromatic rings. The smallest absolute Gasteiger partial charge is 0.0159 e. The normalized spacial score (nSPS) is 27.6. The minimum atomic E-state index is 0.790. The highest BCUT2D eigenvalue weighted by atomic mass is 14.4. The minimum absolute atomic E-state index is 0.790. The summed E-state index contributed by atoms with van der Waals surface area (Å²) in [6, 6.07) is 18.7. The Morgan fingerprint density at radius 2 is 1.43 bits per heavy atom. The molecule has 1 unspecified atom stereocenters. The van der Waals surface area contributed by atoms with Crippen LogP contribution in [0.3, 0.4) is 0 Å². The first-order valence-corrected chi connectivity index (χ1v) is 11.5. The van der Waals surface area contributed by atoms with Gasteiger partial charge in [-0.05, 0) is 97.8 Å². The van der Waals surface area contributed by atoms with Crippen molar-refractivity contribution in [2.75, 3.05) is 0 Å². The Morgan fingerprint density at radius 1 is 0.786 bits per heavy atom. The van der Waals surface area contributed by atoms with Crippen molar-refractivity contribution in [3.8, 4) is 11.1 Å². The average molecular weight is 373 g/mol. The first-order chi connectivity index (χ1) is 13.7. The summed E-state index contributed by atoms with van der Waals surface area (Å²) in [6.07, 6.45) is 15.3. The van der Waals surface area contributed by atoms with Gasteiger partial charge in [0.2, 0.25) is 0 Å². The summed E-state index contributed by atoms with van der Waals surface area (Å²) < 4.78 is 0. The zero-order valence-electron chi connectivity index (χ0n) is 17.7. The van der Waals surface area contributed by atoms with Crippen LogP contribution in [-0.2, 0) is 6.42 Å². The predicted octanol–water partition coefficient (Wildman–Crippen LogP) is 8.18. The molecule has 2 aromatic carbocycles. The molecule has 0 aromatic heterocycles. The summed E-state index contributed by atoms with van der Waals surface area (Å²) >= 11 is 0. The van der Waals surface area contributed by atoms with Crippen LogP contribution in [0.4, 0.5) is 0 Å². The number of fused-ring (bicyclic) bond motifs is 1. The van der Waals surface area contributed by atoms with Crippen molar-refractivity contribution < 1.29 is 0 Å². The van der Waals surface area contributed by atoms with Crippen molar-refractivity contribution in [3.63, 3.8) is 0 Å². The summed E-state index contributed by atoms with van der Waals surface area (Å²) in [7, 11) is 0. The van der Waals surface area contributed by atoms with Crippen molar-refractivity contribution in [1.82, 2.24) is 0 Å². The topological polar surface area (TPSA) is 0 Å². The Hall–Kier alpha value is -1.82. The molecule has 4 rings (SSSR count). The molecular formula is C28H36. The predicted molar refractivity (Wildman–Crippen MR) is 122 cm³/mol. The lowest BCUT2D eigenvalue weighted by Gasteiger charge is -2.41. The molecule has 2 saturated carbocycles. The molecule has 0 spiro atoms. The zero-order chi connectivity index (χ0) is 19.3. The lowest BCUT2D eigenvalue weighted by molar-refractivity contribution is 0.124. The van der Waals surface area contributed by atoms with Crippen molar-refractivity contribution in [2.45, 2.75) is 71.1 Å². The van der Waals surface area contributed by atoms with E-state index in [0.717, 1.165) is 36.5 Å². The van der Waals surface area contributed by atoms with Gasteiger partial charge in [-0.25, -0.2) is 0 Å². The SMILES string of the molecule is C/C=C/CCc1ccc(-c2ccc([C@@H]3CC[C@@H]4CC(C)CC[C@@H]4C3)cc2)cc1. The summed E-state index contributed by atoms with van der Waals surface area (Å²) in [5.41, 5.74) is 5.69. The Bertz CT molecular complexity index is 765. The maximum absolute atomic E-state index is 2.45. The molecule has 0 bridgehead atoms. The van der Waals surface area contributed by atoms with Gasteiger partial charge in [0, 0.05) is 0 Å². The number of benzene rings is 2. The molecule has 0 aliphatic heterocycles. The van der Waals surface area contributed by atoms with E-state index < -0.39 is 0 Å². The van der Waals surface area contributed by atoms with Gasteiger partial charge in [-0.1, -0.05) is 74.0 Å².